The smallest absolute Gasteiger partial charge is 0.317 e. The van der Waals surface area contributed by atoms with Gasteiger partial charge in [-0.05, 0) is 24.1 Å². The van der Waals surface area contributed by atoms with Crippen LogP contribution in [0.1, 0.15) is 12.0 Å². The maximum absolute atomic E-state index is 12.8. The number of fused-ring (bicyclic) bond motifs is 2. The standard InChI is InChI=1S/C13H15FN2O3S/c14-10-3-1-9(2-4-10)6-15-13(17)16-7-12-5-11(16)8-20(12,18)19/h1-4,11-12H,5-8H2,(H,15,17). The first-order chi connectivity index (χ1) is 9.45. The lowest BCUT2D eigenvalue weighted by Gasteiger charge is -2.27. The summed E-state index contributed by atoms with van der Waals surface area (Å²) in [6, 6.07) is 5.44. The molecule has 2 aliphatic rings. The molecule has 2 bridgehead atoms. The summed E-state index contributed by atoms with van der Waals surface area (Å²) in [5.41, 5.74) is 0.803. The molecule has 0 aromatic heterocycles. The highest BCUT2D eigenvalue weighted by atomic mass is 32.2. The summed E-state index contributed by atoms with van der Waals surface area (Å²) in [7, 11) is -2.99. The van der Waals surface area contributed by atoms with Crippen LogP contribution in [0.4, 0.5) is 9.18 Å². The van der Waals surface area contributed by atoms with Gasteiger partial charge in [0, 0.05) is 19.1 Å². The molecule has 5 nitrogen and oxygen atoms in total. The van der Waals surface area contributed by atoms with Crippen molar-refractivity contribution in [2.24, 2.45) is 0 Å². The number of carbonyl (C=O) groups excluding carboxylic acids is 1. The van der Waals surface area contributed by atoms with E-state index in [1.807, 2.05) is 0 Å². The number of halogens is 1. The Labute approximate surface area is 116 Å². The zero-order chi connectivity index (χ0) is 14.3. The molecule has 20 heavy (non-hydrogen) atoms. The highest BCUT2D eigenvalue weighted by molar-refractivity contribution is 7.92. The predicted molar refractivity (Wildman–Crippen MR) is 71.3 cm³/mol. The van der Waals surface area contributed by atoms with E-state index in [1.165, 1.54) is 12.1 Å². The van der Waals surface area contributed by atoms with Gasteiger partial charge >= 0.3 is 6.03 Å². The molecule has 1 aromatic rings. The third-order valence-corrected chi connectivity index (χ3v) is 6.13. The van der Waals surface area contributed by atoms with Gasteiger partial charge in [-0.2, -0.15) is 0 Å². The van der Waals surface area contributed by atoms with E-state index in [4.69, 9.17) is 0 Å². The van der Waals surface area contributed by atoms with Crippen LogP contribution in [0.25, 0.3) is 0 Å². The van der Waals surface area contributed by atoms with Gasteiger partial charge in [0.25, 0.3) is 0 Å². The van der Waals surface area contributed by atoms with Crippen molar-refractivity contribution >= 4 is 15.9 Å². The third kappa shape index (κ3) is 2.37. The molecule has 2 atom stereocenters. The molecule has 7 heteroatoms. The number of urea groups is 1. The largest absolute Gasteiger partial charge is 0.334 e. The molecule has 3 rings (SSSR count). The summed E-state index contributed by atoms with van der Waals surface area (Å²) in [5, 5.41) is 2.34. The Bertz CT molecular complexity index is 630. The minimum atomic E-state index is -2.99. The summed E-state index contributed by atoms with van der Waals surface area (Å²) in [5.74, 6) is -0.246. The lowest BCUT2D eigenvalue weighted by atomic mass is 10.2. The summed E-state index contributed by atoms with van der Waals surface area (Å²) >= 11 is 0. The van der Waals surface area contributed by atoms with E-state index in [0.717, 1.165) is 5.56 Å². The molecule has 2 unspecified atom stereocenters. The normalized spacial score (nSPS) is 26.8. The molecule has 2 amide bonds. The van der Waals surface area contributed by atoms with Crippen molar-refractivity contribution in [3.8, 4) is 0 Å². The monoisotopic (exact) mass is 298 g/mol. The Morgan fingerprint density at radius 1 is 1.35 bits per heavy atom. The summed E-state index contributed by atoms with van der Waals surface area (Å²) in [6.45, 7) is 0.585. The molecule has 1 N–H and O–H groups in total. The zero-order valence-corrected chi connectivity index (χ0v) is 11.6. The van der Waals surface area contributed by atoms with E-state index in [-0.39, 0.29) is 30.2 Å². The second-order valence-corrected chi connectivity index (χ2v) is 7.60. The van der Waals surface area contributed by atoms with Crippen LogP contribution in [0.3, 0.4) is 0 Å². The first kappa shape index (κ1) is 13.4. The second-order valence-electron chi connectivity index (χ2n) is 5.28. The molecule has 108 valence electrons. The van der Waals surface area contributed by atoms with E-state index >= 15 is 0 Å². The maximum Gasteiger partial charge on any atom is 0.317 e. The first-order valence-corrected chi connectivity index (χ1v) is 8.18. The van der Waals surface area contributed by atoms with Crippen molar-refractivity contribution in [1.29, 1.82) is 0 Å². The molecule has 0 aliphatic carbocycles. The van der Waals surface area contributed by atoms with E-state index in [1.54, 1.807) is 17.0 Å². The zero-order valence-electron chi connectivity index (χ0n) is 10.8. The Kier molecular flexibility index (Phi) is 3.16. The van der Waals surface area contributed by atoms with Gasteiger partial charge in [-0.3, -0.25) is 0 Å². The highest BCUT2D eigenvalue weighted by Gasteiger charge is 2.49. The van der Waals surface area contributed by atoms with Crippen molar-refractivity contribution in [3.05, 3.63) is 35.6 Å². The second kappa shape index (κ2) is 4.73. The van der Waals surface area contributed by atoms with Gasteiger partial charge in [0.2, 0.25) is 0 Å². The van der Waals surface area contributed by atoms with Gasteiger partial charge in [-0.1, -0.05) is 12.1 Å². The SMILES string of the molecule is O=C(NCc1ccc(F)cc1)N1CC2CC1CS2(=O)=O. The summed E-state index contributed by atoms with van der Waals surface area (Å²) in [4.78, 5) is 13.6. The van der Waals surface area contributed by atoms with Crippen molar-refractivity contribution < 1.29 is 17.6 Å². The van der Waals surface area contributed by atoms with Crippen LogP contribution in [-0.4, -0.2) is 42.9 Å². The average molecular weight is 298 g/mol. The molecular weight excluding hydrogens is 283 g/mol. The maximum atomic E-state index is 12.8. The third-order valence-electron chi connectivity index (χ3n) is 3.93. The molecule has 2 aliphatic heterocycles. The molecule has 2 saturated heterocycles. The van der Waals surface area contributed by atoms with Crippen LogP contribution < -0.4 is 5.32 Å². The molecule has 1 aromatic carbocycles. The number of sulfone groups is 1. The number of hydrogen-bond acceptors (Lipinski definition) is 3. The Morgan fingerprint density at radius 2 is 2.05 bits per heavy atom. The van der Waals surface area contributed by atoms with Crippen LogP contribution >= 0.6 is 0 Å². The lowest BCUT2D eigenvalue weighted by Crippen LogP contribution is -2.48. The molecule has 2 heterocycles. The van der Waals surface area contributed by atoms with Gasteiger partial charge in [-0.15, -0.1) is 0 Å². The van der Waals surface area contributed by atoms with E-state index < -0.39 is 15.1 Å². The van der Waals surface area contributed by atoms with E-state index in [0.29, 0.717) is 13.0 Å². The number of likely N-dealkylation sites (tertiary alicyclic amines) is 1. The number of carbonyl (C=O) groups is 1. The van der Waals surface area contributed by atoms with Crippen molar-refractivity contribution in [2.45, 2.75) is 24.3 Å². The van der Waals surface area contributed by atoms with Crippen LogP contribution in [0.2, 0.25) is 0 Å². The Morgan fingerprint density at radius 3 is 2.60 bits per heavy atom. The van der Waals surface area contributed by atoms with Gasteiger partial charge in [-0.25, -0.2) is 17.6 Å². The van der Waals surface area contributed by atoms with Crippen LogP contribution in [0.5, 0.6) is 0 Å². The first-order valence-electron chi connectivity index (χ1n) is 6.46. The number of rotatable bonds is 2. The Balaban J connectivity index is 1.58. The van der Waals surface area contributed by atoms with E-state index in [2.05, 4.69) is 5.32 Å². The van der Waals surface area contributed by atoms with Gasteiger partial charge in [0.15, 0.2) is 9.84 Å². The van der Waals surface area contributed by atoms with Gasteiger partial charge < -0.3 is 10.2 Å². The quantitative estimate of drug-likeness (QED) is 0.882. The minimum Gasteiger partial charge on any atom is -0.334 e. The van der Waals surface area contributed by atoms with Crippen molar-refractivity contribution in [2.75, 3.05) is 12.3 Å². The van der Waals surface area contributed by atoms with Crippen molar-refractivity contribution in [1.82, 2.24) is 10.2 Å². The van der Waals surface area contributed by atoms with Crippen LogP contribution in [0, 0.1) is 5.82 Å². The molecule has 0 saturated carbocycles. The molecule has 2 fully saturated rings. The highest BCUT2D eigenvalue weighted by Crippen LogP contribution is 2.32. The topological polar surface area (TPSA) is 66.5 Å². The lowest BCUT2D eigenvalue weighted by molar-refractivity contribution is 0.195. The number of amides is 2. The molecule has 0 spiro atoms. The number of nitrogens with one attached hydrogen (secondary N) is 1. The predicted octanol–water partition coefficient (Wildman–Crippen LogP) is 0.907. The molecule has 0 radical (unpaired) electrons. The van der Waals surface area contributed by atoms with Crippen molar-refractivity contribution in [3.63, 3.8) is 0 Å². The van der Waals surface area contributed by atoms with Crippen LogP contribution in [-0.2, 0) is 16.4 Å². The fourth-order valence-corrected chi connectivity index (χ4v) is 4.85. The summed E-state index contributed by atoms with van der Waals surface area (Å²) in [6.07, 6.45) is 0.548. The molecular formula is C13H15FN2O3S. The van der Waals surface area contributed by atoms with Gasteiger partial charge in [0.05, 0.1) is 11.0 Å². The fourth-order valence-electron chi connectivity index (χ4n) is 2.83. The van der Waals surface area contributed by atoms with Crippen LogP contribution in [0.15, 0.2) is 24.3 Å². The van der Waals surface area contributed by atoms with E-state index in [9.17, 15) is 17.6 Å². The fraction of sp³-hybridized carbons (Fsp3) is 0.462. The number of nitrogens with zero attached hydrogens (tertiary/aromatic N) is 1. The minimum absolute atomic E-state index is 0.0711. The summed E-state index contributed by atoms with van der Waals surface area (Å²) < 4.78 is 36.0. The number of hydrogen-bond donors (Lipinski definition) is 1. The Hall–Kier alpha value is -1.63. The van der Waals surface area contributed by atoms with Gasteiger partial charge in [0.1, 0.15) is 5.82 Å². The average Bonchev–Trinajstić information content (AvgIpc) is 2.93. The number of benzene rings is 1.